The summed E-state index contributed by atoms with van der Waals surface area (Å²) in [6, 6.07) is 0.928. The highest BCUT2D eigenvalue weighted by Gasteiger charge is 2.29. The lowest BCUT2D eigenvalue weighted by Gasteiger charge is -2.37. The van der Waals surface area contributed by atoms with E-state index in [0.29, 0.717) is 12.1 Å². The zero-order valence-electron chi connectivity index (χ0n) is 7.22. The fourth-order valence-electron chi connectivity index (χ4n) is 1.33. The fourth-order valence-corrected chi connectivity index (χ4v) is 1.33. The molecular formula is C9H16N2. The molecule has 62 valence electrons. The Morgan fingerprint density at radius 2 is 2.09 bits per heavy atom. The third-order valence-corrected chi connectivity index (χ3v) is 2.10. The Labute approximate surface area is 68.5 Å². The van der Waals surface area contributed by atoms with E-state index in [1.807, 2.05) is 13.8 Å². The van der Waals surface area contributed by atoms with Crippen molar-refractivity contribution in [2.24, 2.45) is 5.73 Å². The monoisotopic (exact) mass is 152 g/mol. The molecule has 2 heteroatoms. The molecule has 0 saturated heterocycles. The lowest BCUT2D eigenvalue weighted by atomic mass is 9.86. The highest BCUT2D eigenvalue weighted by Crippen LogP contribution is 2.19. The maximum Gasteiger partial charge on any atom is 0.0743 e. The van der Waals surface area contributed by atoms with E-state index in [1.54, 1.807) is 0 Å². The Hall–Kier alpha value is -0.520. The molecule has 0 aromatic carbocycles. The molecule has 1 fully saturated rings. The van der Waals surface area contributed by atoms with Crippen LogP contribution in [-0.2, 0) is 0 Å². The van der Waals surface area contributed by atoms with Crippen LogP contribution < -0.4 is 11.1 Å². The van der Waals surface area contributed by atoms with E-state index in [-0.39, 0.29) is 5.54 Å². The van der Waals surface area contributed by atoms with Crippen LogP contribution in [0, 0.1) is 12.3 Å². The first-order valence-corrected chi connectivity index (χ1v) is 4.04. The van der Waals surface area contributed by atoms with E-state index in [0.717, 1.165) is 12.8 Å². The van der Waals surface area contributed by atoms with Gasteiger partial charge in [-0.25, -0.2) is 0 Å². The third kappa shape index (κ3) is 2.21. The number of rotatable bonds is 2. The van der Waals surface area contributed by atoms with E-state index in [1.165, 1.54) is 0 Å². The van der Waals surface area contributed by atoms with Crippen molar-refractivity contribution >= 4 is 0 Å². The summed E-state index contributed by atoms with van der Waals surface area (Å²) >= 11 is 0. The lowest BCUT2D eigenvalue weighted by molar-refractivity contribution is 0.254. The SMILES string of the molecule is C#CC(C)(C)NC1CC(N)C1. The van der Waals surface area contributed by atoms with E-state index in [2.05, 4.69) is 11.2 Å². The molecule has 0 bridgehead atoms. The quantitative estimate of drug-likeness (QED) is 0.565. The van der Waals surface area contributed by atoms with Crippen LogP contribution in [0.1, 0.15) is 26.7 Å². The molecule has 0 amide bonds. The second kappa shape index (κ2) is 2.84. The molecule has 0 heterocycles. The average Bonchev–Trinajstić information content (AvgIpc) is 1.84. The minimum absolute atomic E-state index is 0.176. The van der Waals surface area contributed by atoms with Gasteiger partial charge >= 0.3 is 0 Å². The number of nitrogens with one attached hydrogen (secondary N) is 1. The van der Waals surface area contributed by atoms with Crippen molar-refractivity contribution in [1.82, 2.24) is 5.32 Å². The van der Waals surface area contributed by atoms with Gasteiger partial charge in [-0.3, -0.25) is 5.32 Å². The topological polar surface area (TPSA) is 38.0 Å². The summed E-state index contributed by atoms with van der Waals surface area (Å²) in [6.07, 6.45) is 7.45. The van der Waals surface area contributed by atoms with Crippen LogP contribution in [-0.4, -0.2) is 17.6 Å². The standard InChI is InChI=1S/C9H16N2/c1-4-9(2,3)11-8-5-7(10)6-8/h1,7-8,11H,5-6,10H2,2-3H3. The Balaban J connectivity index is 2.28. The van der Waals surface area contributed by atoms with Gasteiger partial charge in [0.15, 0.2) is 0 Å². The Bertz CT molecular complexity index is 172. The smallest absolute Gasteiger partial charge is 0.0743 e. The normalized spacial score (nSPS) is 30.7. The molecule has 0 radical (unpaired) electrons. The zero-order valence-corrected chi connectivity index (χ0v) is 7.22. The van der Waals surface area contributed by atoms with Gasteiger partial charge in [-0.15, -0.1) is 6.42 Å². The first kappa shape index (κ1) is 8.58. The second-order valence-corrected chi connectivity index (χ2v) is 3.84. The molecule has 1 saturated carbocycles. The van der Waals surface area contributed by atoms with Crippen molar-refractivity contribution in [3.8, 4) is 12.3 Å². The summed E-state index contributed by atoms with van der Waals surface area (Å²) in [7, 11) is 0. The summed E-state index contributed by atoms with van der Waals surface area (Å²) in [5.41, 5.74) is 5.46. The van der Waals surface area contributed by atoms with Crippen LogP contribution in [0.4, 0.5) is 0 Å². The van der Waals surface area contributed by atoms with Crippen LogP contribution in [0.15, 0.2) is 0 Å². The highest BCUT2D eigenvalue weighted by atomic mass is 15.0. The molecule has 11 heavy (non-hydrogen) atoms. The van der Waals surface area contributed by atoms with Gasteiger partial charge < -0.3 is 5.73 Å². The average molecular weight is 152 g/mol. The summed E-state index contributed by atoms with van der Waals surface area (Å²) in [4.78, 5) is 0. The van der Waals surface area contributed by atoms with Gasteiger partial charge in [0, 0.05) is 12.1 Å². The van der Waals surface area contributed by atoms with Crippen molar-refractivity contribution in [2.45, 2.75) is 44.3 Å². The van der Waals surface area contributed by atoms with Crippen molar-refractivity contribution in [3.05, 3.63) is 0 Å². The summed E-state index contributed by atoms with van der Waals surface area (Å²) in [6.45, 7) is 4.02. The first-order chi connectivity index (χ1) is 5.03. The number of terminal acetylenes is 1. The molecule has 0 aromatic heterocycles. The third-order valence-electron chi connectivity index (χ3n) is 2.10. The van der Waals surface area contributed by atoms with Crippen molar-refractivity contribution < 1.29 is 0 Å². The lowest BCUT2D eigenvalue weighted by Crippen LogP contribution is -2.54. The minimum atomic E-state index is -0.176. The molecule has 1 rings (SSSR count). The Kier molecular flexibility index (Phi) is 2.22. The summed E-state index contributed by atoms with van der Waals surface area (Å²) in [5, 5.41) is 3.36. The molecule has 0 unspecified atom stereocenters. The van der Waals surface area contributed by atoms with Gasteiger partial charge in [0.1, 0.15) is 0 Å². The van der Waals surface area contributed by atoms with E-state index in [4.69, 9.17) is 12.2 Å². The van der Waals surface area contributed by atoms with Crippen LogP contribution in [0.3, 0.4) is 0 Å². The van der Waals surface area contributed by atoms with Crippen molar-refractivity contribution in [3.63, 3.8) is 0 Å². The molecule has 3 N–H and O–H groups in total. The van der Waals surface area contributed by atoms with Crippen LogP contribution >= 0.6 is 0 Å². The minimum Gasteiger partial charge on any atom is -0.328 e. The molecule has 0 aliphatic heterocycles. The summed E-state index contributed by atoms with van der Waals surface area (Å²) in [5.74, 6) is 2.70. The van der Waals surface area contributed by atoms with Gasteiger partial charge in [0.25, 0.3) is 0 Å². The Morgan fingerprint density at radius 1 is 1.55 bits per heavy atom. The highest BCUT2D eigenvalue weighted by molar-refractivity contribution is 5.09. The number of hydrogen-bond acceptors (Lipinski definition) is 2. The van der Waals surface area contributed by atoms with Crippen LogP contribution in [0.5, 0.6) is 0 Å². The Morgan fingerprint density at radius 3 is 2.45 bits per heavy atom. The molecule has 0 aromatic rings. The van der Waals surface area contributed by atoms with E-state index in [9.17, 15) is 0 Å². The first-order valence-electron chi connectivity index (χ1n) is 4.04. The van der Waals surface area contributed by atoms with Crippen molar-refractivity contribution in [1.29, 1.82) is 0 Å². The van der Waals surface area contributed by atoms with Crippen molar-refractivity contribution in [2.75, 3.05) is 0 Å². The molecule has 2 nitrogen and oxygen atoms in total. The predicted octanol–water partition coefficient (Wildman–Crippen LogP) is 0.477. The maximum atomic E-state index is 5.64. The van der Waals surface area contributed by atoms with E-state index >= 15 is 0 Å². The second-order valence-electron chi connectivity index (χ2n) is 3.84. The zero-order chi connectivity index (χ0) is 8.48. The van der Waals surface area contributed by atoms with Gasteiger partial charge in [-0.1, -0.05) is 5.92 Å². The molecule has 1 aliphatic carbocycles. The molecular weight excluding hydrogens is 136 g/mol. The predicted molar refractivity (Wildman–Crippen MR) is 47.0 cm³/mol. The van der Waals surface area contributed by atoms with Gasteiger partial charge in [-0.05, 0) is 26.7 Å². The molecule has 1 aliphatic rings. The molecule has 0 atom stereocenters. The number of hydrogen-bond donors (Lipinski definition) is 2. The largest absolute Gasteiger partial charge is 0.328 e. The maximum absolute atomic E-state index is 5.64. The van der Waals surface area contributed by atoms with Gasteiger partial charge in [0.2, 0.25) is 0 Å². The van der Waals surface area contributed by atoms with Gasteiger partial charge in [0.05, 0.1) is 5.54 Å². The van der Waals surface area contributed by atoms with Gasteiger partial charge in [-0.2, -0.15) is 0 Å². The summed E-state index contributed by atoms with van der Waals surface area (Å²) < 4.78 is 0. The van der Waals surface area contributed by atoms with Crippen LogP contribution in [0.25, 0.3) is 0 Å². The molecule has 0 spiro atoms. The number of nitrogens with two attached hydrogens (primary N) is 1. The van der Waals surface area contributed by atoms with Crippen LogP contribution in [0.2, 0.25) is 0 Å². The van der Waals surface area contributed by atoms with E-state index < -0.39 is 0 Å². The fraction of sp³-hybridized carbons (Fsp3) is 0.778.